The number of hydrogen-bond donors (Lipinski definition) is 2. The summed E-state index contributed by atoms with van der Waals surface area (Å²) in [7, 11) is 0. The fourth-order valence-electron chi connectivity index (χ4n) is 2.93. The molecule has 2 aromatic heterocycles. The molecule has 1 fully saturated rings. The first-order valence-electron chi connectivity index (χ1n) is 8.88. The van der Waals surface area contributed by atoms with Gasteiger partial charge in [-0.3, -0.25) is 14.8 Å². The molecule has 0 saturated carbocycles. The molecule has 3 heterocycles. The van der Waals surface area contributed by atoms with Crippen LogP contribution in [0.4, 0.5) is 0 Å². The van der Waals surface area contributed by atoms with Gasteiger partial charge in [0.15, 0.2) is 0 Å². The summed E-state index contributed by atoms with van der Waals surface area (Å²) in [6.07, 6.45) is 9.53. The lowest BCUT2D eigenvalue weighted by atomic mass is 10.1. The summed E-state index contributed by atoms with van der Waals surface area (Å²) in [5.41, 5.74) is 1.77. The van der Waals surface area contributed by atoms with Crippen LogP contribution in [0.15, 0.2) is 30.7 Å². The van der Waals surface area contributed by atoms with Gasteiger partial charge in [0.25, 0.3) is 5.91 Å². The molecule has 0 unspecified atom stereocenters. The molecule has 0 spiro atoms. The van der Waals surface area contributed by atoms with E-state index in [9.17, 15) is 4.79 Å². The van der Waals surface area contributed by atoms with Gasteiger partial charge in [-0.1, -0.05) is 6.42 Å². The molecule has 25 heavy (non-hydrogen) atoms. The van der Waals surface area contributed by atoms with E-state index in [1.54, 1.807) is 12.4 Å². The molecule has 134 valence electrons. The second-order valence-electron chi connectivity index (χ2n) is 6.28. The van der Waals surface area contributed by atoms with Crippen molar-refractivity contribution in [2.24, 2.45) is 0 Å². The quantitative estimate of drug-likeness (QED) is 0.716. The molecule has 1 aliphatic rings. The Bertz CT molecular complexity index is 653. The number of rotatable bonds is 8. The molecule has 0 radical (unpaired) electrons. The van der Waals surface area contributed by atoms with E-state index in [1.165, 1.54) is 44.1 Å². The standard InChI is InChI=1S/C18H25N5O2/c24-18(16-12-21-22-13-16)20-6-4-10-25-17-11-15(5-7-19-17)14-23-8-2-1-3-9-23/h5,7,11-13H,1-4,6,8-10,14H2,(H,20,24)(H,21,22). The van der Waals surface area contributed by atoms with Crippen molar-refractivity contribution >= 4 is 5.91 Å². The molecule has 3 rings (SSSR count). The van der Waals surface area contributed by atoms with Crippen LogP contribution in [-0.4, -0.2) is 52.2 Å². The van der Waals surface area contributed by atoms with Crippen LogP contribution >= 0.6 is 0 Å². The van der Waals surface area contributed by atoms with Crippen LogP contribution < -0.4 is 10.1 Å². The lowest BCUT2D eigenvalue weighted by Gasteiger charge is -2.26. The summed E-state index contributed by atoms with van der Waals surface area (Å²) in [5, 5.41) is 9.21. The zero-order valence-corrected chi connectivity index (χ0v) is 14.4. The van der Waals surface area contributed by atoms with E-state index in [1.807, 2.05) is 12.1 Å². The Morgan fingerprint density at radius 2 is 2.20 bits per heavy atom. The minimum atomic E-state index is -0.129. The number of carbonyl (C=O) groups excluding carboxylic acids is 1. The van der Waals surface area contributed by atoms with Crippen LogP contribution in [0.5, 0.6) is 5.88 Å². The van der Waals surface area contributed by atoms with Crippen molar-refractivity contribution < 1.29 is 9.53 Å². The average molecular weight is 343 g/mol. The van der Waals surface area contributed by atoms with Crippen molar-refractivity contribution in [1.82, 2.24) is 25.4 Å². The summed E-state index contributed by atoms with van der Waals surface area (Å²) in [6.45, 7) is 4.38. The molecule has 0 aromatic carbocycles. The maximum Gasteiger partial charge on any atom is 0.254 e. The van der Waals surface area contributed by atoms with Crippen LogP contribution in [0.2, 0.25) is 0 Å². The number of likely N-dealkylation sites (tertiary alicyclic amines) is 1. The van der Waals surface area contributed by atoms with E-state index in [0.29, 0.717) is 24.6 Å². The van der Waals surface area contributed by atoms with Crippen LogP contribution in [0, 0.1) is 0 Å². The van der Waals surface area contributed by atoms with Gasteiger partial charge in [0, 0.05) is 31.5 Å². The minimum absolute atomic E-state index is 0.129. The maximum absolute atomic E-state index is 11.7. The lowest BCUT2D eigenvalue weighted by Crippen LogP contribution is -2.29. The van der Waals surface area contributed by atoms with E-state index in [2.05, 4.69) is 25.4 Å². The molecule has 2 aromatic rings. The first-order chi connectivity index (χ1) is 12.3. The van der Waals surface area contributed by atoms with E-state index in [-0.39, 0.29) is 5.91 Å². The Labute approximate surface area is 147 Å². The number of pyridine rings is 1. The summed E-state index contributed by atoms with van der Waals surface area (Å²) >= 11 is 0. The Kier molecular flexibility index (Phi) is 6.39. The van der Waals surface area contributed by atoms with Crippen LogP contribution in [0.1, 0.15) is 41.6 Å². The zero-order chi connectivity index (χ0) is 17.3. The molecule has 7 heteroatoms. The monoisotopic (exact) mass is 343 g/mol. The Balaban J connectivity index is 1.36. The predicted molar refractivity (Wildman–Crippen MR) is 94.4 cm³/mol. The van der Waals surface area contributed by atoms with Gasteiger partial charge < -0.3 is 10.1 Å². The fraction of sp³-hybridized carbons (Fsp3) is 0.500. The molecule has 0 atom stereocenters. The number of nitrogens with one attached hydrogen (secondary N) is 2. The first-order valence-corrected chi connectivity index (χ1v) is 8.88. The van der Waals surface area contributed by atoms with Crippen molar-refractivity contribution in [3.8, 4) is 5.88 Å². The lowest BCUT2D eigenvalue weighted by molar-refractivity contribution is 0.0951. The summed E-state index contributed by atoms with van der Waals surface area (Å²) < 4.78 is 5.71. The molecular formula is C18H25N5O2. The second-order valence-corrected chi connectivity index (χ2v) is 6.28. The number of amides is 1. The summed E-state index contributed by atoms with van der Waals surface area (Å²) in [4.78, 5) is 18.5. The molecule has 2 N–H and O–H groups in total. The minimum Gasteiger partial charge on any atom is -0.478 e. The van der Waals surface area contributed by atoms with Gasteiger partial charge in [0.2, 0.25) is 5.88 Å². The van der Waals surface area contributed by atoms with E-state index < -0.39 is 0 Å². The number of carbonyl (C=O) groups is 1. The SMILES string of the molecule is O=C(NCCCOc1cc(CN2CCCCC2)ccn1)c1cn[nH]c1. The third kappa shape index (κ3) is 5.56. The molecule has 0 bridgehead atoms. The molecule has 7 nitrogen and oxygen atoms in total. The van der Waals surface area contributed by atoms with Gasteiger partial charge >= 0.3 is 0 Å². The first kappa shape index (κ1) is 17.4. The topological polar surface area (TPSA) is 83.1 Å². The van der Waals surface area contributed by atoms with Crippen molar-refractivity contribution in [3.63, 3.8) is 0 Å². The van der Waals surface area contributed by atoms with E-state index in [0.717, 1.165) is 13.0 Å². The van der Waals surface area contributed by atoms with E-state index in [4.69, 9.17) is 4.74 Å². The molecule has 0 aliphatic carbocycles. The number of aromatic amines is 1. The maximum atomic E-state index is 11.7. The third-order valence-corrected chi connectivity index (χ3v) is 4.27. The van der Waals surface area contributed by atoms with Gasteiger partial charge in [-0.2, -0.15) is 5.10 Å². The van der Waals surface area contributed by atoms with Crippen LogP contribution in [0.25, 0.3) is 0 Å². The second kappa shape index (κ2) is 9.17. The summed E-state index contributed by atoms with van der Waals surface area (Å²) in [5.74, 6) is 0.520. The Hall–Kier alpha value is -2.41. The highest BCUT2D eigenvalue weighted by Gasteiger charge is 2.11. The highest BCUT2D eigenvalue weighted by molar-refractivity contribution is 5.93. The largest absolute Gasteiger partial charge is 0.478 e. The summed E-state index contributed by atoms with van der Waals surface area (Å²) in [6, 6.07) is 4.06. The smallest absolute Gasteiger partial charge is 0.254 e. The van der Waals surface area contributed by atoms with Crippen molar-refractivity contribution in [1.29, 1.82) is 0 Å². The van der Waals surface area contributed by atoms with Crippen molar-refractivity contribution in [2.45, 2.75) is 32.2 Å². The number of ether oxygens (including phenoxy) is 1. The number of piperidine rings is 1. The number of aromatic nitrogens is 3. The molecule has 1 amide bonds. The number of nitrogens with zero attached hydrogens (tertiary/aromatic N) is 3. The van der Waals surface area contributed by atoms with E-state index >= 15 is 0 Å². The van der Waals surface area contributed by atoms with Crippen LogP contribution in [0.3, 0.4) is 0 Å². The number of hydrogen-bond acceptors (Lipinski definition) is 5. The zero-order valence-electron chi connectivity index (χ0n) is 14.4. The van der Waals surface area contributed by atoms with Gasteiger partial charge in [-0.15, -0.1) is 0 Å². The fourth-order valence-corrected chi connectivity index (χ4v) is 2.93. The van der Waals surface area contributed by atoms with Crippen molar-refractivity contribution in [3.05, 3.63) is 41.9 Å². The van der Waals surface area contributed by atoms with Gasteiger partial charge in [0.1, 0.15) is 0 Å². The van der Waals surface area contributed by atoms with Crippen LogP contribution in [-0.2, 0) is 6.54 Å². The normalized spacial score (nSPS) is 15.0. The van der Waals surface area contributed by atoms with Gasteiger partial charge in [-0.05, 0) is 44.0 Å². The molecule has 1 aliphatic heterocycles. The Morgan fingerprint density at radius 1 is 1.32 bits per heavy atom. The van der Waals surface area contributed by atoms with Gasteiger partial charge in [0.05, 0.1) is 18.4 Å². The predicted octanol–water partition coefficient (Wildman–Crippen LogP) is 1.99. The van der Waals surface area contributed by atoms with Crippen molar-refractivity contribution in [2.75, 3.05) is 26.2 Å². The highest BCUT2D eigenvalue weighted by Crippen LogP contribution is 2.15. The van der Waals surface area contributed by atoms with Gasteiger partial charge in [-0.25, -0.2) is 4.98 Å². The average Bonchev–Trinajstić information content (AvgIpc) is 3.17. The number of H-pyrrole nitrogens is 1. The third-order valence-electron chi connectivity index (χ3n) is 4.27. The highest BCUT2D eigenvalue weighted by atomic mass is 16.5. The molecular weight excluding hydrogens is 318 g/mol. The Morgan fingerprint density at radius 3 is 3.00 bits per heavy atom. The molecule has 1 saturated heterocycles.